The molecule has 2 heterocycles. The summed E-state index contributed by atoms with van der Waals surface area (Å²) >= 11 is 3.43. The van der Waals surface area contributed by atoms with Crippen LogP contribution in [0.5, 0.6) is 11.5 Å². The van der Waals surface area contributed by atoms with Gasteiger partial charge < -0.3 is 9.47 Å². The van der Waals surface area contributed by atoms with Crippen LogP contribution in [0.3, 0.4) is 0 Å². The summed E-state index contributed by atoms with van der Waals surface area (Å²) in [6.07, 6.45) is 1.55. The molecule has 0 aliphatic carbocycles. The monoisotopic (exact) mass is 516 g/mol. The molecule has 2 aliphatic heterocycles. The van der Waals surface area contributed by atoms with E-state index < -0.39 is 26.6 Å². The fourth-order valence-corrected chi connectivity index (χ4v) is 5.35. The van der Waals surface area contributed by atoms with Gasteiger partial charge in [0.25, 0.3) is 0 Å². The van der Waals surface area contributed by atoms with Crippen LogP contribution in [0.4, 0.5) is 8.78 Å². The summed E-state index contributed by atoms with van der Waals surface area (Å²) in [6, 6.07) is 8.12. The van der Waals surface area contributed by atoms with Crippen LogP contribution in [-0.2, 0) is 10.0 Å². The average molecular weight is 517 g/mol. The van der Waals surface area contributed by atoms with Gasteiger partial charge in [0, 0.05) is 23.6 Å². The highest BCUT2D eigenvalue weighted by Crippen LogP contribution is 2.34. The Hall–Kier alpha value is -1.75. The highest BCUT2D eigenvalue weighted by Gasteiger charge is 2.27. The first kappa shape index (κ1) is 22.4. The first-order chi connectivity index (χ1) is 14.8. The molecule has 31 heavy (non-hydrogen) atoms. The number of piperidine rings is 1. The summed E-state index contributed by atoms with van der Waals surface area (Å²) in [5, 5.41) is 0. The number of nitrogens with one attached hydrogen (secondary N) is 1. The molecule has 1 N–H and O–H groups in total. The van der Waals surface area contributed by atoms with Gasteiger partial charge in [-0.3, -0.25) is 4.90 Å². The van der Waals surface area contributed by atoms with Crippen molar-refractivity contribution in [1.82, 2.24) is 9.62 Å². The number of fused-ring (bicyclic) bond motifs is 1. The topological polar surface area (TPSA) is 67.9 Å². The molecule has 0 saturated carbocycles. The van der Waals surface area contributed by atoms with Crippen LogP contribution in [0.1, 0.15) is 12.8 Å². The van der Waals surface area contributed by atoms with Crippen molar-refractivity contribution >= 4 is 26.0 Å². The van der Waals surface area contributed by atoms with Crippen LogP contribution in [0.25, 0.3) is 0 Å². The van der Waals surface area contributed by atoms with Crippen LogP contribution in [0, 0.1) is 17.6 Å². The molecule has 10 heteroatoms. The van der Waals surface area contributed by atoms with Crippen LogP contribution < -0.4 is 14.2 Å². The number of halogens is 3. The van der Waals surface area contributed by atoms with Gasteiger partial charge in [-0.2, -0.15) is 0 Å². The molecule has 0 amide bonds. The maximum Gasteiger partial charge on any atom is 0.243 e. The Labute approximate surface area is 188 Å². The zero-order valence-electron chi connectivity index (χ0n) is 16.7. The Bertz CT molecular complexity index is 1050. The van der Waals surface area contributed by atoms with E-state index in [0.29, 0.717) is 12.7 Å². The van der Waals surface area contributed by atoms with Gasteiger partial charge in [-0.25, -0.2) is 21.9 Å². The van der Waals surface area contributed by atoms with Crippen LogP contribution in [0.2, 0.25) is 0 Å². The molecule has 2 aliphatic rings. The maximum absolute atomic E-state index is 13.8. The van der Waals surface area contributed by atoms with Gasteiger partial charge in [0.1, 0.15) is 29.2 Å². The molecule has 2 aromatic rings. The summed E-state index contributed by atoms with van der Waals surface area (Å²) in [4.78, 5) is 1.74. The third-order valence-electron chi connectivity index (χ3n) is 5.54. The maximum atomic E-state index is 13.8. The van der Waals surface area contributed by atoms with Crippen molar-refractivity contribution in [3.63, 3.8) is 0 Å². The second kappa shape index (κ2) is 9.40. The average Bonchev–Trinajstić information content (AvgIpc) is 2.73. The highest BCUT2D eigenvalue weighted by atomic mass is 79.9. The highest BCUT2D eigenvalue weighted by molar-refractivity contribution is 9.10. The second-order valence-corrected chi connectivity index (χ2v) is 10.5. The van der Waals surface area contributed by atoms with E-state index in [1.54, 1.807) is 0 Å². The lowest BCUT2D eigenvalue weighted by atomic mass is 9.97. The largest absolute Gasteiger partial charge is 0.486 e. The zero-order chi connectivity index (χ0) is 22.0. The van der Waals surface area contributed by atoms with E-state index in [4.69, 9.17) is 9.47 Å². The lowest BCUT2D eigenvalue weighted by Crippen LogP contribution is -2.45. The molecular weight excluding hydrogens is 494 g/mol. The summed E-state index contributed by atoms with van der Waals surface area (Å²) in [7, 11) is -4.02. The molecule has 0 spiro atoms. The van der Waals surface area contributed by atoms with E-state index >= 15 is 0 Å². The van der Waals surface area contributed by atoms with Gasteiger partial charge in [-0.15, -0.1) is 0 Å². The van der Waals surface area contributed by atoms with Gasteiger partial charge >= 0.3 is 0 Å². The van der Waals surface area contributed by atoms with Crippen molar-refractivity contribution in [1.29, 1.82) is 0 Å². The Morgan fingerprint density at radius 3 is 2.61 bits per heavy atom. The van der Waals surface area contributed by atoms with Gasteiger partial charge in [-0.05, 0) is 62.2 Å². The number of rotatable bonds is 6. The van der Waals surface area contributed by atoms with Gasteiger partial charge in [-0.1, -0.05) is 15.9 Å². The van der Waals surface area contributed by atoms with E-state index in [9.17, 15) is 17.2 Å². The number of sulfonamides is 1. The fraction of sp³-hybridized carbons (Fsp3) is 0.429. The lowest BCUT2D eigenvalue weighted by Gasteiger charge is -2.35. The summed E-state index contributed by atoms with van der Waals surface area (Å²) in [5.74, 6) is -0.293. The van der Waals surface area contributed by atoms with Crippen molar-refractivity contribution in [2.24, 2.45) is 5.92 Å². The molecule has 4 rings (SSSR count). The van der Waals surface area contributed by atoms with Crippen LogP contribution in [0.15, 0.2) is 45.8 Å². The first-order valence-electron chi connectivity index (χ1n) is 10.1. The predicted molar refractivity (Wildman–Crippen MR) is 115 cm³/mol. The molecule has 1 saturated heterocycles. The minimum atomic E-state index is -4.02. The molecule has 0 radical (unpaired) electrons. The van der Waals surface area contributed by atoms with E-state index in [0.717, 1.165) is 60.6 Å². The number of ether oxygens (including phenoxy) is 2. The number of nitrogens with zero attached hydrogens (tertiary/aromatic N) is 1. The number of hydrogen-bond donors (Lipinski definition) is 1. The Balaban J connectivity index is 1.25. The molecule has 1 unspecified atom stereocenters. The summed E-state index contributed by atoms with van der Waals surface area (Å²) in [6.45, 7) is 3.05. The molecule has 0 bridgehead atoms. The zero-order valence-corrected chi connectivity index (χ0v) is 19.1. The Morgan fingerprint density at radius 2 is 1.87 bits per heavy atom. The smallest absolute Gasteiger partial charge is 0.243 e. The molecule has 168 valence electrons. The van der Waals surface area contributed by atoms with Crippen molar-refractivity contribution in [2.75, 3.05) is 32.8 Å². The van der Waals surface area contributed by atoms with Crippen LogP contribution in [-0.4, -0.2) is 52.2 Å². The van der Waals surface area contributed by atoms with Gasteiger partial charge in [0.2, 0.25) is 10.0 Å². The van der Waals surface area contributed by atoms with E-state index in [1.165, 1.54) is 0 Å². The fourth-order valence-electron chi connectivity index (χ4n) is 3.84. The molecule has 1 fully saturated rings. The minimum Gasteiger partial charge on any atom is -0.486 e. The third kappa shape index (κ3) is 5.54. The Kier molecular flexibility index (Phi) is 6.80. The van der Waals surface area contributed by atoms with Gasteiger partial charge in [0.15, 0.2) is 11.5 Å². The van der Waals surface area contributed by atoms with Crippen molar-refractivity contribution < 1.29 is 26.7 Å². The molecule has 0 aromatic heterocycles. The van der Waals surface area contributed by atoms with Crippen molar-refractivity contribution in [2.45, 2.75) is 23.8 Å². The standard InChI is InChI=1S/C21H23BrF2N2O4S/c22-15-1-3-19-20(9-15)30-17(13-29-19)12-26-7-5-14(6-8-26)11-25-31(27,28)21-4-2-16(23)10-18(21)24/h1-4,9-10,14,17,25H,5-8,11-13H2. The first-order valence-corrected chi connectivity index (χ1v) is 12.3. The van der Waals surface area contributed by atoms with Crippen molar-refractivity contribution in [3.05, 3.63) is 52.5 Å². The van der Waals surface area contributed by atoms with E-state index in [1.807, 2.05) is 18.2 Å². The summed E-state index contributed by atoms with van der Waals surface area (Å²) in [5.41, 5.74) is 0. The van der Waals surface area contributed by atoms with Gasteiger partial charge in [0.05, 0.1) is 0 Å². The Morgan fingerprint density at radius 1 is 1.10 bits per heavy atom. The number of benzene rings is 2. The van der Waals surface area contributed by atoms with Crippen LogP contribution >= 0.6 is 15.9 Å². The molecule has 6 nitrogen and oxygen atoms in total. The number of likely N-dealkylation sites (tertiary alicyclic amines) is 1. The van der Waals surface area contributed by atoms with Crippen molar-refractivity contribution in [3.8, 4) is 11.5 Å². The van der Waals surface area contributed by atoms with E-state index in [-0.39, 0.29) is 18.6 Å². The second-order valence-electron chi connectivity index (χ2n) is 7.81. The SMILES string of the molecule is O=S(=O)(NCC1CCN(CC2COc3ccc(Br)cc3O2)CC1)c1ccc(F)cc1F. The third-order valence-corrected chi connectivity index (χ3v) is 7.49. The summed E-state index contributed by atoms with van der Waals surface area (Å²) < 4.78 is 66.7. The predicted octanol–water partition coefficient (Wildman–Crippen LogP) is 3.56. The quantitative estimate of drug-likeness (QED) is 0.635. The number of hydrogen-bond acceptors (Lipinski definition) is 5. The lowest BCUT2D eigenvalue weighted by molar-refractivity contribution is 0.0480. The molecule has 1 atom stereocenters. The minimum absolute atomic E-state index is 0.0710. The molecule has 2 aromatic carbocycles. The molecular formula is C21H23BrF2N2O4S. The van der Waals surface area contributed by atoms with E-state index in [2.05, 4.69) is 25.6 Å². The normalized spacial score (nSPS) is 20.0.